The summed E-state index contributed by atoms with van der Waals surface area (Å²) >= 11 is 7.75. The van der Waals surface area contributed by atoms with Gasteiger partial charge in [0, 0.05) is 4.47 Å². The third kappa shape index (κ3) is 2.52. The lowest BCUT2D eigenvalue weighted by atomic mass is 10.0. The fourth-order valence-corrected chi connectivity index (χ4v) is 2.26. The Labute approximate surface area is 126 Å². The van der Waals surface area contributed by atoms with E-state index in [4.69, 9.17) is 5.73 Å². The highest BCUT2D eigenvalue weighted by atomic mass is 79.9. The predicted molar refractivity (Wildman–Crippen MR) is 74.9 cm³/mol. The van der Waals surface area contributed by atoms with Crippen LogP contribution >= 0.6 is 28.1 Å². The Morgan fingerprint density at radius 1 is 1.40 bits per heavy atom. The molecule has 9 heteroatoms. The molecule has 1 aliphatic heterocycles. The van der Waals surface area contributed by atoms with Gasteiger partial charge in [0.2, 0.25) is 0 Å². The van der Waals surface area contributed by atoms with Crippen LogP contribution in [0.25, 0.3) is 0 Å². The van der Waals surface area contributed by atoms with E-state index in [2.05, 4.69) is 33.2 Å². The summed E-state index contributed by atoms with van der Waals surface area (Å²) in [6, 6.07) is 6.49. The molecule has 0 fully saturated rings. The third-order valence-electron chi connectivity index (χ3n) is 2.83. The SMILES string of the molecule is NC(=S)N1N=C(c2ccc(Br)cc2)C[C@]1(O)C(F)(F)F. The second kappa shape index (κ2) is 4.97. The van der Waals surface area contributed by atoms with Crippen LogP contribution in [0.15, 0.2) is 33.8 Å². The van der Waals surface area contributed by atoms with Crippen molar-refractivity contribution < 1.29 is 18.3 Å². The van der Waals surface area contributed by atoms with Gasteiger partial charge in [-0.25, -0.2) is 0 Å². The first kappa shape index (κ1) is 15.2. The second-order valence-corrected chi connectivity index (χ2v) is 5.53. The normalized spacial score (nSPS) is 22.9. The number of halogens is 4. The predicted octanol–water partition coefficient (Wildman–Crippen LogP) is 2.35. The van der Waals surface area contributed by atoms with Gasteiger partial charge in [-0.2, -0.15) is 23.3 Å². The number of hydrogen-bond donors (Lipinski definition) is 2. The van der Waals surface area contributed by atoms with Gasteiger partial charge >= 0.3 is 6.18 Å². The number of alkyl halides is 3. The molecule has 0 unspecified atom stereocenters. The molecule has 1 aromatic rings. The summed E-state index contributed by atoms with van der Waals surface area (Å²) in [5.74, 6) is 0. The molecule has 108 valence electrons. The number of thiocarbonyl (C=S) groups is 1. The summed E-state index contributed by atoms with van der Waals surface area (Å²) in [6.07, 6.45) is -5.67. The van der Waals surface area contributed by atoms with Gasteiger partial charge in [0.1, 0.15) is 0 Å². The van der Waals surface area contributed by atoms with Crippen LogP contribution < -0.4 is 5.73 Å². The summed E-state index contributed by atoms with van der Waals surface area (Å²) in [6.45, 7) is 0. The molecular formula is C11H9BrF3N3OS. The Balaban J connectivity index is 2.42. The highest BCUT2D eigenvalue weighted by Gasteiger charge is 2.62. The maximum Gasteiger partial charge on any atom is 0.438 e. The molecule has 0 radical (unpaired) electrons. The van der Waals surface area contributed by atoms with Gasteiger partial charge in [-0.1, -0.05) is 28.1 Å². The van der Waals surface area contributed by atoms with Crippen molar-refractivity contribution in [1.29, 1.82) is 0 Å². The smallest absolute Gasteiger partial charge is 0.375 e. The topological polar surface area (TPSA) is 61.8 Å². The number of benzene rings is 1. The van der Waals surface area contributed by atoms with Gasteiger partial charge in [0.15, 0.2) is 5.11 Å². The van der Waals surface area contributed by atoms with Crippen LogP contribution in [0.2, 0.25) is 0 Å². The minimum absolute atomic E-state index is 0.0603. The highest BCUT2D eigenvalue weighted by molar-refractivity contribution is 9.10. The molecule has 3 N–H and O–H groups in total. The van der Waals surface area contributed by atoms with Crippen molar-refractivity contribution in [2.75, 3.05) is 0 Å². The summed E-state index contributed by atoms with van der Waals surface area (Å²) in [4.78, 5) is 0. The largest absolute Gasteiger partial charge is 0.438 e. The van der Waals surface area contributed by atoms with Crippen LogP contribution in [-0.4, -0.2) is 32.8 Å². The van der Waals surface area contributed by atoms with Gasteiger partial charge < -0.3 is 10.8 Å². The maximum atomic E-state index is 13.0. The van der Waals surface area contributed by atoms with E-state index < -0.39 is 23.4 Å². The molecule has 1 aliphatic rings. The standard InChI is InChI=1S/C11H9BrF3N3OS/c12-7-3-1-6(2-4-7)8-5-10(19,11(13,14)15)18(17-8)9(16)20/h1-4,19H,5H2,(H2,16,20)/t10-/m0/s1. The van der Waals surface area contributed by atoms with Crippen LogP contribution in [0.1, 0.15) is 12.0 Å². The Morgan fingerprint density at radius 3 is 2.35 bits per heavy atom. The second-order valence-electron chi connectivity index (χ2n) is 4.19. The molecule has 1 heterocycles. The lowest BCUT2D eigenvalue weighted by Gasteiger charge is -2.32. The van der Waals surface area contributed by atoms with Gasteiger partial charge in [-0.3, -0.25) is 0 Å². The Morgan fingerprint density at radius 2 is 1.95 bits per heavy atom. The molecule has 2 rings (SSSR count). The molecule has 1 aromatic carbocycles. The average Bonchev–Trinajstić information content (AvgIpc) is 2.69. The first-order valence-electron chi connectivity index (χ1n) is 5.37. The summed E-state index contributed by atoms with van der Waals surface area (Å²) in [7, 11) is 0. The lowest BCUT2D eigenvalue weighted by molar-refractivity contribution is -0.294. The van der Waals surface area contributed by atoms with Gasteiger partial charge in [-0.15, -0.1) is 0 Å². The number of aliphatic hydroxyl groups is 1. The number of hydrazone groups is 1. The summed E-state index contributed by atoms with van der Waals surface area (Å²) in [5.41, 5.74) is 2.52. The van der Waals surface area contributed by atoms with Crippen molar-refractivity contribution in [1.82, 2.24) is 5.01 Å². The van der Waals surface area contributed by atoms with Crippen LogP contribution in [-0.2, 0) is 0 Å². The van der Waals surface area contributed by atoms with Crippen LogP contribution in [0, 0.1) is 0 Å². The van der Waals surface area contributed by atoms with Gasteiger partial charge in [0.05, 0.1) is 12.1 Å². The van der Waals surface area contributed by atoms with E-state index in [1.807, 2.05) is 0 Å². The summed E-state index contributed by atoms with van der Waals surface area (Å²) in [5, 5.41) is 13.2. The Kier molecular flexibility index (Phi) is 3.78. The fraction of sp³-hybridized carbons (Fsp3) is 0.273. The third-order valence-corrected chi connectivity index (χ3v) is 3.53. The number of hydrogen-bond acceptors (Lipinski definition) is 3. The molecule has 0 amide bonds. The molecule has 20 heavy (non-hydrogen) atoms. The van der Waals surface area contributed by atoms with E-state index in [1.165, 1.54) is 0 Å². The van der Waals surface area contributed by atoms with E-state index in [-0.39, 0.29) is 10.7 Å². The molecule has 0 aromatic heterocycles. The average molecular weight is 368 g/mol. The van der Waals surface area contributed by atoms with E-state index in [9.17, 15) is 18.3 Å². The number of nitrogens with two attached hydrogens (primary N) is 1. The molecule has 0 saturated carbocycles. The van der Waals surface area contributed by atoms with E-state index in [0.717, 1.165) is 4.47 Å². The van der Waals surface area contributed by atoms with Crippen LogP contribution in [0.3, 0.4) is 0 Å². The first-order chi connectivity index (χ1) is 9.15. The van der Waals surface area contributed by atoms with Gasteiger partial charge in [-0.05, 0) is 29.9 Å². The molecule has 0 saturated heterocycles. The fourth-order valence-electron chi connectivity index (χ4n) is 1.80. The zero-order valence-corrected chi connectivity index (χ0v) is 12.3. The van der Waals surface area contributed by atoms with E-state index >= 15 is 0 Å². The molecule has 0 aliphatic carbocycles. The minimum atomic E-state index is -4.93. The molecule has 1 atom stereocenters. The monoisotopic (exact) mass is 367 g/mol. The van der Waals surface area contributed by atoms with E-state index in [0.29, 0.717) is 5.56 Å². The molecule has 0 spiro atoms. The van der Waals surface area contributed by atoms with Crippen molar-refractivity contribution in [3.63, 3.8) is 0 Å². The van der Waals surface area contributed by atoms with Gasteiger partial charge in [0.25, 0.3) is 5.72 Å². The Hall–Kier alpha value is -1.19. The van der Waals surface area contributed by atoms with Crippen molar-refractivity contribution in [3.05, 3.63) is 34.3 Å². The number of nitrogens with zero attached hydrogens (tertiary/aromatic N) is 2. The minimum Gasteiger partial charge on any atom is -0.375 e. The van der Waals surface area contributed by atoms with Crippen molar-refractivity contribution in [2.24, 2.45) is 10.8 Å². The molecule has 0 bridgehead atoms. The Bertz CT molecular complexity index is 575. The lowest BCUT2D eigenvalue weighted by Crippen LogP contribution is -2.57. The zero-order valence-electron chi connectivity index (χ0n) is 9.86. The van der Waals surface area contributed by atoms with Crippen molar-refractivity contribution >= 4 is 39.0 Å². The van der Waals surface area contributed by atoms with Crippen LogP contribution in [0.5, 0.6) is 0 Å². The summed E-state index contributed by atoms with van der Waals surface area (Å²) < 4.78 is 39.8. The molecule has 4 nitrogen and oxygen atoms in total. The zero-order chi connectivity index (χ0) is 15.1. The van der Waals surface area contributed by atoms with Crippen molar-refractivity contribution in [2.45, 2.75) is 18.3 Å². The highest BCUT2D eigenvalue weighted by Crippen LogP contribution is 2.41. The quantitative estimate of drug-likeness (QED) is 0.748. The van der Waals surface area contributed by atoms with Crippen LogP contribution in [0.4, 0.5) is 13.2 Å². The number of rotatable bonds is 1. The maximum absolute atomic E-state index is 13.0. The molecular weight excluding hydrogens is 359 g/mol. The van der Waals surface area contributed by atoms with E-state index in [1.54, 1.807) is 24.3 Å². The first-order valence-corrected chi connectivity index (χ1v) is 6.57. The van der Waals surface area contributed by atoms with Crippen molar-refractivity contribution in [3.8, 4) is 0 Å².